The molecule has 1 saturated heterocycles. The molecule has 1 aliphatic heterocycles. The molecule has 1 atom stereocenters. The Bertz CT molecular complexity index is 1530. The van der Waals surface area contributed by atoms with Crippen molar-refractivity contribution in [1.29, 1.82) is 0 Å². The van der Waals surface area contributed by atoms with Gasteiger partial charge in [0.15, 0.2) is 5.13 Å². The molecule has 1 fully saturated rings. The Morgan fingerprint density at radius 1 is 1.00 bits per heavy atom. The van der Waals surface area contributed by atoms with E-state index in [2.05, 4.69) is 4.98 Å². The van der Waals surface area contributed by atoms with Crippen molar-refractivity contribution in [2.75, 3.05) is 11.5 Å². The normalized spacial score (nSPS) is 17.2. The van der Waals surface area contributed by atoms with Gasteiger partial charge in [-0.2, -0.15) is 0 Å². The predicted molar refractivity (Wildman–Crippen MR) is 143 cm³/mol. The van der Waals surface area contributed by atoms with E-state index in [9.17, 15) is 14.7 Å². The van der Waals surface area contributed by atoms with Crippen LogP contribution >= 0.6 is 11.3 Å². The SMILES string of the molecule is CCOc1ccc2nc(N3C(=O)C(=O)C(=C(O)c4cc(C)ccc4C)C3c3ccc(C)cc3)sc2c1. The van der Waals surface area contributed by atoms with Crippen LogP contribution in [0.25, 0.3) is 16.0 Å². The second-order valence-corrected chi connectivity index (χ2v) is 9.97. The third kappa shape index (κ3) is 4.05. The molecule has 5 rings (SSSR count). The molecular formula is C29H26N2O4S. The monoisotopic (exact) mass is 498 g/mol. The fraction of sp³-hybridized carbons (Fsp3) is 0.207. The summed E-state index contributed by atoms with van der Waals surface area (Å²) in [5, 5.41) is 11.8. The number of aliphatic hydroxyl groups excluding tert-OH is 1. The van der Waals surface area contributed by atoms with E-state index in [0.29, 0.717) is 28.6 Å². The van der Waals surface area contributed by atoms with Gasteiger partial charge in [-0.1, -0.05) is 58.9 Å². The number of hydrogen-bond acceptors (Lipinski definition) is 6. The number of hydrogen-bond donors (Lipinski definition) is 1. The maximum absolute atomic E-state index is 13.5. The zero-order chi connectivity index (χ0) is 25.6. The number of rotatable bonds is 5. The molecule has 0 spiro atoms. The van der Waals surface area contributed by atoms with Crippen LogP contribution in [0.2, 0.25) is 0 Å². The molecule has 0 radical (unpaired) electrons. The molecule has 0 bridgehead atoms. The largest absolute Gasteiger partial charge is 0.507 e. The minimum absolute atomic E-state index is 0.0619. The molecule has 1 unspecified atom stereocenters. The number of ketones is 1. The van der Waals surface area contributed by atoms with Gasteiger partial charge in [0.2, 0.25) is 0 Å². The lowest BCUT2D eigenvalue weighted by Gasteiger charge is -2.23. The van der Waals surface area contributed by atoms with E-state index in [4.69, 9.17) is 4.74 Å². The zero-order valence-corrected chi connectivity index (χ0v) is 21.3. The van der Waals surface area contributed by atoms with E-state index in [0.717, 1.165) is 27.0 Å². The summed E-state index contributed by atoms with van der Waals surface area (Å²) >= 11 is 1.31. The molecule has 4 aromatic rings. The molecule has 182 valence electrons. The highest BCUT2D eigenvalue weighted by atomic mass is 32.1. The fourth-order valence-corrected chi connectivity index (χ4v) is 5.50. The van der Waals surface area contributed by atoms with E-state index < -0.39 is 17.7 Å². The lowest BCUT2D eigenvalue weighted by molar-refractivity contribution is -0.132. The maximum Gasteiger partial charge on any atom is 0.301 e. The van der Waals surface area contributed by atoms with Crippen LogP contribution in [-0.4, -0.2) is 28.4 Å². The number of amides is 1. The third-order valence-electron chi connectivity index (χ3n) is 6.35. The van der Waals surface area contributed by atoms with E-state index in [1.165, 1.54) is 16.2 Å². The average molecular weight is 499 g/mol. The molecule has 3 aromatic carbocycles. The van der Waals surface area contributed by atoms with Crippen LogP contribution in [0.1, 0.15) is 40.8 Å². The van der Waals surface area contributed by atoms with Gasteiger partial charge in [0.25, 0.3) is 5.78 Å². The predicted octanol–water partition coefficient (Wildman–Crippen LogP) is 6.25. The number of carbonyl (C=O) groups excluding carboxylic acids is 2. The Morgan fingerprint density at radius 2 is 1.72 bits per heavy atom. The second kappa shape index (κ2) is 9.24. The maximum atomic E-state index is 13.5. The molecule has 6 nitrogen and oxygen atoms in total. The summed E-state index contributed by atoms with van der Waals surface area (Å²) in [5.41, 5.74) is 4.84. The topological polar surface area (TPSA) is 79.7 Å². The van der Waals surface area contributed by atoms with Gasteiger partial charge in [0.05, 0.1) is 28.4 Å². The standard InChI is InChI=1S/C29H26N2O4S/c1-5-35-20-12-13-22-23(15-20)36-29(30-22)31-25(19-10-7-16(2)8-11-19)24(27(33)28(31)34)26(32)21-14-17(3)6-9-18(21)4/h6-15,25,32H,5H2,1-4H3. The molecule has 1 amide bonds. The Kier molecular flexibility index (Phi) is 6.10. The number of thiazole rings is 1. The molecule has 36 heavy (non-hydrogen) atoms. The molecule has 7 heteroatoms. The first kappa shape index (κ1) is 23.8. The summed E-state index contributed by atoms with van der Waals surface area (Å²) in [6, 6.07) is 18.0. The van der Waals surface area contributed by atoms with Gasteiger partial charge < -0.3 is 9.84 Å². The zero-order valence-electron chi connectivity index (χ0n) is 20.5. The minimum Gasteiger partial charge on any atom is -0.507 e. The Hall–Kier alpha value is -3.97. The van der Waals surface area contributed by atoms with Gasteiger partial charge in [0, 0.05) is 5.56 Å². The van der Waals surface area contributed by atoms with Crippen LogP contribution < -0.4 is 9.64 Å². The van der Waals surface area contributed by atoms with Crippen molar-refractivity contribution >= 4 is 44.1 Å². The highest BCUT2D eigenvalue weighted by Gasteiger charge is 2.48. The highest BCUT2D eigenvalue weighted by Crippen LogP contribution is 2.45. The van der Waals surface area contributed by atoms with Gasteiger partial charge >= 0.3 is 5.91 Å². The summed E-state index contributed by atoms with van der Waals surface area (Å²) in [4.78, 5) is 33.0. The molecule has 2 heterocycles. The van der Waals surface area contributed by atoms with Crippen LogP contribution in [0.4, 0.5) is 5.13 Å². The smallest absolute Gasteiger partial charge is 0.301 e. The number of aryl methyl sites for hydroxylation is 3. The number of nitrogens with zero attached hydrogens (tertiary/aromatic N) is 2. The van der Waals surface area contributed by atoms with Crippen LogP contribution in [-0.2, 0) is 9.59 Å². The quantitative estimate of drug-likeness (QED) is 0.200. The first-order valence-corrected chi connectivity index (χ1v) is 12.6. The first-order chi connectivity index (χ1) is 17.3. The van der Waals surface area contributed by atoms with E-state index in [-0.39, 0.29) is 11.3 Å². The van der Waals surface area contributed by atoms with Gasteiger partial charge in [-0.15, -0.1) is 0 Å². The van der Waals surface area contributed by atoms with Crippen LogP contribution in [0.5, 0.6) is 5.75 Å². The Balaban J connectivity index is 1.72. The molecular weight excluding hydrogens is 472 g/mol. The van der Waals surface area contributed by atoms with Gasteiger partial charge in [-0.25, -0.2) is 4.98 Å². The van der Waals surface area contributed by atoms with Gasteiger partial charge in [-0.05, 0) is 63.1 Å². The molecule has 1 aromatic heterocycles. The number of Topliss-reactive ketones (excluding diaryl/α,β-unsaturated/α-hetero) is 1. The van der Waals surface area contributed by atoms with Crippen molar-refractivity contribution < 1.29 is 19.4 Å². The summed E-state index contributed by atoms with van der Waals surface area (Å²) < 4.78 is 6.45. The van der Waals surface area contributed by atoms with E-state index in [1.54, 1.807) is 0 Å². The Labute approximate surface area is 213 Å². The number of anilines is 1. The number of aliphatic hydroxyl groups is 1. The lowest BCUT2D eigenvalue weighted by Crippen LogP contribution is -2.29. The Morgan fingerprint density at radius 3 is 2.44 bits per heavy atom. The van der Waals surface area contributed by atoms with E-state index >= 15 is 0 Å². The van der Waals surface area contributed by atoms with Crippen LogP contribution in [0, 0.1) is 20.8 Å². The number of ether oxygens (including phenoxy) is 1. The van der Waals surface area contributed by atoms with Crippen molar-refractivity contribution in [2.24, 2.45) is 0 Å². The third-order valence-corrected chi connectivity index (χ3v) is 7.37. The van der Waals surface area contributed by atoms with Crippen LogP contribution in [0.15, 0.2) is 66.2 Å². The molecule has 0 saturated carbocycles. The fourth-order valence-electron chi connectivity index (χ4n) is 4.48. The van der Waals surface area contributed by atoms with Crippen molar-refractivity contribution in [2.45, 2.75) is 33.7 Å². The van der Waals surface area contributed by atoms with Crippen molar-refractivity contribution in [3.63, 3.8) is 0 Å². The number of carbonyl (C=O) groups is 2. The van der Waals surface area contributed by atoms with Crippen LogP contribution in [0.3, 0.4) is 0 Å². The summed E-state index contributed by atoms with van der Waals surface area (Å²) in [6.45, 7) is 8.22. The molecule has 1 N–H and O–H groups in total. The number of fused-ring (bicyclic) bond motifs is 1. The van der Waals surface area contributed by atoms with Gasteiger partial charge in [0.1, 0.15) is 11.5 Å². The summed E-state index contributed by atoms with van der Waals surface area (Å²) in [6.07, 6.45) is 0. The lowest BCUT2D eigenvalue weighted by atomic mass is 9.93. The minimum atomic E-state index is -0.808. The number of aromatic nitrogens is 1. The summed E-state index contributed by atoms with van der Waals surface area (Å²) in [5.74, 6) is -0.903. The summed E-state index contributed by atoms with van der Waals surface area (Å²) in [7, 11) is 0. The van der Waals surface area contributed by atoms with Crippen molar-refractivity contribution in [3.05, 3.63) is 94.1 Å². The van der Waals surface area contributed by atoms with Crippen molar-refractivity contribution in [3.8, 4) is 5.75 Å². The first-order valence-electron chi connectivity index (χ1n) is 11.8. The molecule has 0 aliphatic carbocycles. The van der Waals surface area contributed by atoms with E-state index in [1.807, 2.05) is 88.4 Å². The van der Waals surface area contributed by atoms with Gasteiger partial charge in [-0.3, -0.25) is 14.5 Å². The number of benzene rings is 3. The average Bonchev–Trinajstić information content (AvgIpc) is 3.39. The molecule has 1 aliphatic rings. The van der Waals surface area contributed by atoms with Crippen molar-refractivity contribution in [1.82, 2.24) is 4.98 Å². The highest BCUT2D eigenvalue weighted by molar-refractivity contribution is 7.22. The second-order valence-electron chi connectivity index (χ2n) is 8.96.